The Balaban J connectivity index is 2.54. The molecule has 0 saturated carbocycles. The second-order valence-electron chi connectivity index (χ2n) is 4.16. The number of methoxy groups -OCH3 is 1. The zero-order valence-corrected chi connectivity index (χ0v) is 11.4. The summed E-state index contributed by atoms with van der Waals surface area (Å²) in [6.07, 6.45) is 1.02. The quantitative estimate of drug-likeness (QED) is 0.723. The molecule has 0 saturated heterocycles. The van der Waals surface area contributed by atoms with Crippen LogP contribution >= 0.6 is 0 Å². The molecule has 0 bridgehead atoms. The normalized spacial score (nSPS) is 12.2. The molecule has 1 atom stereocenters. The van der Waals surface area contributed by atoms with Gasteiger partial charge in [-0.05, 0) is 31.0 Å². The van der Waals surface area contributed by atoms with Crippen LogP contribution in [0.3, 0.4) is 0 Å². The van der Waals surface area contributed by atoms with Gasteiger partial charge in [0.15, 0.2) is 11.5 Å². The van der Waals surface area contributed by atoms with Crippen molar-refractivity contribution in [2.45, 2.75) is 26.3 Å². The number of hydrogen-bond donors (Lipinski definition) is 1. The molecule has 0 aliphatic rings. The number of hydrogen-bond acceptors (Lipinski definition) is 4. The van der Waals surface area contributed by atoms with E-state index in [0.29, 0.717) is 19.0 Å². The zero-order chi connectivity index (χ0) is 13.4. The number of benzene rings is 1. The van der Waals surface area contributed by atoms with Crippen molar-refractivity contribution in [3.05, 3.63) is 23.8 Å². The second kappa shape index (κ2) is 7.95. The molecule has 4 heteroatoms. The first-order valence-electron chi connectivity index (χ1n) is 6.33. The molecule has 0 radical (unpaired) electrons. The largest absolute Gasteiger partial charge is 0.493 e. The summed E-state index contributed by atoms with van der Waals surface area (Å²) in [4.78, 5) is 0. The van der Waals surface area contributed by atoms with Gasteiger partial charge in [0.2, 0.25) is 0 Å². The highest BCUT2D eigenvalue weighted by Crippen LogP contribution is 2.29. The molecule has 0 heterocycles. The van der Waals surface area contributed by atoms with Gasteiger partial charge in [0.05, 0.1) is 13.7 Å². The van der Waals surface area contributed by atoms with E-state index in [-0.39, 0.29) is 6.04 Å². The molecule has 4 nitrogen and oxygen atoms in total. The van der Waals surface area contributed by atoms with Crippen molar-refractivity contribution in [2.75, 3.05) is 26.9 Å². The maximum absolute atomic E-state index is 5.83. The van der Waals surface area contributed by atoms with E-state index < -0.39 is 0 Å². The molecule has 0 aromatic heterocycles. The summed E-state index contributed by atoms with van der Waals surface area (Å²) < 4.78 is 16.3. The van der Waals surface area contributed by atoms with Gasteiger partial charge in [0.1, 0.15) is 6.61 Å². The summed E-state index contributed by atoms with van der Waals surface area (Å²) in [5.74, 6) is 1.43. The van der Waals surface area contributed by atoms with E-state index >= 15 is 0 Å². The molecular formula is C14H23NO3. The van der Waals surface area contributed by atoms with Crippen LogP contribution in [0, 0.1) is 0 Å². The van der Waals surface area contributed by atoms with Gasteiger partial charge in [-0.3, -0.25) is 0 Å². The Kier molecular flexibility index (Phi) is 6.54. The topological polar surface area (TPSA) is 53.7 Å². The molecule has 18 heavy (non-hydrogen) atoms. The van der Waals surface area contributed by atoms with Crippen molar-refractivity contribution in [1.82, 2.24) is 0 Å². The monoisotopic (exact) mass is 253 g/mol. The maximum Gasteiger partial charge on any atom is 0.161 e. The Bertz CT molecular complexity index is 353. The van der Waals surface area contributed by atoms with Gasteiger partial charge in [-0.2, -0.15) is 0 Å². The van der Waals surface area contributed by atoms with Crippen LogP contribution < -0.4 is 15.2 Å². The Morgan fingerprint density at radius 3 is 2.56 bits per heavy atom. The van der Waals surface area contributed by atoms with Gasteiger partial charge in [-0.15, -0.1) is 0 Å². The predicted molar refractivity (Wildman–Crippen MR) is 72.2 cm³/mol. The van der Waals surface area contributed by atoms with Gasteiger partial charge in [-0.1, -0.05) is 13.0 Å². The lowest BCUT2D eigenvalue weighted by Gasteiger charge is -2.13. The maximum atomic E-state index is 5.83. The second-order valence-corrected chi connectivity index (χ2v) is 4.16. The molecule has 102 valence electrons. The van der Waals surface area contributed by atoms with Crippen LogP contribution in [0.1, 0.15) is 31.9 Å². The summed E-state index contributed by atoms with van der Waals surface area (Å²) in [5.41, 5.74) is 6.86. The SMILES string of the molecule is CCCOCCOc1ccc(C(C)N)cc1OC. The van der Waals surface area contributed by atoms with Crippen LogP contribution in [0.15, 0.2) is 18.2 Å². The third kappa shape index (κ3) is 4.55. The molecule has 1 rings (SSSR count). The molecule has 2 N–H and O–H groups in total. The highest BCUT2D eigenvalue weighted by Gasteiger charge is 2.07. The van der Waals surface area contributed by atoms with E-state index in [1.165, 1.54) is 0 Å². The van der Waals surface area contributed by atoms with Crippen molar-refractivity contribution >= 4 is 0 Å². The lowest BCUT2D eigenvalue weighted by atomic mass is 10.1. The molecule has 0 fully saturated rings. The lowest BCUT2D eigenvalue weighted by Crippen LogP contribution is -2.09. The van der Waals surface area contributed by atoms with Crippen LogP contribution in [0.2, 0.25) is 0 Å². The smallest absolute Gasteiger partial charge is 0.161 e. The molecule has 1 unspecified atom stereocenters. The number of nitrogens with two attached hydrogens (primary N) is 1. The fourth-order valence-corrected chi connectivity index (χ4v) is 1.54. The summed E-state index contributed by atoms with van der Waals surface area (Å²) in [6, 6.07) is 5.74. The van der Waals surface area contributed by atoms with Crippen LogP contribution in [-0.4, -0.2) is 26.9 Å². The summed E-state index contributed by atoms with van der Waals surface area (Å²) >= 11 is 0. The molecule has 0 amide bonds. The molecule has 1 aromatic carbocycles. The van der Waals surface area contributed by atoms with Crippen molar-refractivity contribution in [2.24, 2.45) is 5.73 Å². The first kappa shape index (κ1) is 14.8. The number of rotatable bonds is 8. The van der Waals surface area contributed by atoms with E-state index in [1.54, 1.807) is 7.11 Å². The van der Waals surface area contributed by atoms with Crippen LogP contribution in [-0.2, 0) is 4.74 Å². The minimum atomic E-state index is -0.0131. The van der Waals surface area contributed by atoms with E-state index in [2.05, 4.69) is 6.92 Å². The highest BCUT2D eigenvalue weighted by atomic mass is 16.5. The molecular weight excluding hydrogens is 230 g/mol. The lowest BCUT2D eigenvalue weighted by molar-refractivity contribution is 0.0995. The van der Waals surface area contributed by atoms with Crippen LogP contribution in [0.5, 0.6) is 11.5 Å². The van der Waals surface area contributed by atoms with Gasteiger partial charge in [0.25, 0.3) is 0 Å². The van der Waals surface area contributed by atoms with Crippen molar-refractivity contribution in [3.8, 4) is 11.5 Å². The molecule has 0 aliphatic carbocycles. The molecule has 1 aromatic rings. The highest BCUT2D eigenvalue weighted by molar-refractivity contribution is 5.43. The summed E-state index contributed by atoms with van der Waals surface area (Å²) in [7, 11) is 1.63. The Hall–Kier alpha value is -1.26. The fourth-order valence-electron chi connectivity index (χ4n) is 1.54. The summed E-state index contributed by atoms with van der Waals surface area (Å²) in [5, 5.41) is 0. The Morgan fingerprint density at radius 1 is 1.17 bits per heavy atom. The van der Waals surface area contributed by atoms with E-state index in [4.69, 9.17) is 19.9 Å². The van der Waals surface area contributed by atoms with Gasteiger partial charge in [0, 0.05) is 12.6 Å². The minimum absolute atomic E-state index is 0.0131. The average Bonchev–Trinajstić information content (AvgIpc) is 2.38. The summed E-state index contributed by atoms with van der Waals surface area (Å²) in [6.45, 7) is 5.90. The van der Waals surface area contributed by atoms with Crippen molar-refractivity contribution in [3.63, 3.8) is 0 Å². The Morgan fingerprint density at radius 2 is 1.94 bits per heavy atom. The van der Waals surface area contributed by atoms with Gasteiger partial charge in [-0.25, -0.2) is 0 Å². The van der Waals surface area contributed by atoms with Crippen molar-refractivity contribution < 1.29 is 14.2 Å². The molecule has 0 aliphatic heterocycles. The molecule has 0 spiro atoms. The standard InChI is InChI=1S/C14H23NO3/c1-4-7-17-8-9-18-13-6-5-12(11(2)15)10-14(13)16-3/h5-6,10-11H,4,7-9,15H2,1-3H3. The van der Waals surface area contributed by atoms with E-state index in [0.717, 1.165) is 24.3 Å². The third-order valence-electron chi connectivity index (χ3n) is 2.55. The minimum Gasteiger partial charge on any atom is -0.493 e. The predicted octanol–water partition coefficient (Wildman–Crippen LogP) is 2.52. The zero-order valence-electron chi connectivity index (χ0n) is 11.4. The van der Waals surface area contributed by atoms with E-state index in [1.807, 2.05) is 25.1 Å². The van der Waals surface area contributed by atoms with Crippen LogP contribution in [0.4, 0.5) is 0 Å². The van der Waals surface area contributed by atoms with Gasteiger partial charge >= 0.3 is 0 Å². The number of ether oxygens (including phenoxy) is 3. The first-order valence-corrected chi connectivity index (χ1v) is 6.33. The third-order valence-corrected chi connectivity index (χ3v) is 2.55. The van der Waals surface area contributed by atoms with Crippen LogP contribution in [0.25, 0.3) is 0 Å². The first-order chi connectivity index (χ1) is 8.69. The average molecular weight is 253 g/mol. The van der Waals surface area contributed by atoms with Gasteiger partial charge < -0.3 is 19.9 Å². The van der Waals surface area contributed by atoms with E-state index in [9.17, 15) is 0 Å². The van der Waals surface area contributed by atoms with Crippen molar-refractivity contribution in [1.29, 1.82) is 0 Å². The Labute approximate surface area is 109 Å². The fraction of sp³-hybridized carbons (Fsp3) is 0.571.